The van der Waals surface area contributed by atoms with Crippen LogP contribution in [-0.2, 0) is 10.0 Å². The molecule has 3 amide bonds. The molecule has 0 spiro atoms. The lowest BCUT2D eigenvalue weighted by Crippen LogP contribution is -2.19. The standard InChI is InChI=1S/C20H17FN4O4S/c21-14-3-11-18(12-4-14)30(28,29)25-17-5-1-13(2-6-17)19(26)23-15-7-9-16(10-8-15)24-20(22)27/h1-12,25H,(H,23,26)(H3,22,24,27). The summed E-state index contributed by atoms with van der Waals surface area (Å²) in [5.74, 6) is -0.943. The zero-order valence-corrected chi connectivity index (χ0v) is 16.2. The van der Waals surface area contributed by atoms with E-state index in [-0.39, 0.29) is 10.6 Å². The summed E-state index contributed by atoms with van der Waals surface area (Å²) in [5, 5.41) is 5.09. The maximum Gasteiger partial charge on any atom is 0.316 e. The van der Waals surface area contributed by atoms with Crippen LogP contribution in [0.3, 0.4) is 0 Å². The third kappa shape index (κ3) is 5.32. The van der Waals surface area contributed by atoms with Crippen LogP contribution in [-0.4, -0.2) is 20.4 Å². The van der Waals surface area contributed by atoms with E-state index in [4.69, 9.17) is 5.73 Å². The molecule has 0 saturated heterocycles. The average molecular weight is 428 g/mol. The van der Waals surface area contributed by atoms with Crippen LogP contribution < -0.4 is 21.1 Å². The largest absolute Gasteiger partial charge is 0.351 e. The van der Waals surface area contributed by atoms with Crippen molar-refractivity contribution in [2.24, 2.45) is 5.73 Å². The van der Waals surface area contributed by atoms with Gasteiger partial charge in [-0.3, -0.25) is 9.52 Å². The number of halogens is 1. The molecule has 3 rings (SSSR count). The number of urea groups is 1. The molecule has 154 valence electrons. The van der Waals surface area contributed by atoms with Gasteiger partial charge in [0.1, 0.15) is 5.82 Å². The van der Waals surface area contributed by atoms with Crippen molar-refractivity contribution in [1.29, 1.82) is 0 Å². The highest BCUT2D eigenvalue weighted by molar-refractivity contribution is 7.92. The van der Waals surface area contributed by atoms with E-state index in [0.29, 0.717) is 16.9 Å². The predicted octanol–water partition coefficient (Wildman–Crippen LogP) is 3.37. The minimum Gasteiger partial charge on any atom is -0.351 e. The Balaban J connectivity index is 1.65. The molecule has 0 aliphatic carbocycles. The number of anilines is 3. The number of nitrogens with two attached hydrogens (primary N) is 1. The predicted molar refractivity (Wildman–Crippen MR) is 111 cm³/mol. The first kappa shape index (κ1) is 20.8. The van der Waals surface area contributed by atoms with Crippen molar-refractivity contribution < 1.29 is 22.4 Å². The summed E-state index contributed by atoms with van der Waals surface area (Å²) in [5.41, 5.74) is 6.56. The van der Waals surface area contributed by atoms with E-state index in [2.05, 4.69) is 15.4 Å². The molecular weight excluding hydrogens is 411 g/mol. The van der Waals surface area contributed by atoms with Crippen LogP contribution in [0, 0.1) is 5.82 Å². The Morgan fingerprint density at radius 1 is 0.733 bits per heavy atom. The fourth-order valence-corrected chi connectivity index (χ4v) is 3.56. The van der Waals surface area contributed by atoms with Gasteiger partial charge in [-0.25, -0.2) is 17.6 Å². The number of amides is 3. The van der Waals surface area contributed by atoms with Crippen LogP contribution in [0.4, 0.5) is 26.2 Å². The molecule has 0 aliphatic rings. The summed E-state index contributed by atoms with van der Waals surface area (Å²) in [6, 6.07) is 15.9. The Bertz CT molecular complexity index is 1160. The molecule has 3 aromatic rings. The number of carbonyl (C=O) groups is 2. The molecule has 0 atom stereocenters. The van der Waals surface area contributed by atoms with Crippen molar-refractivity contribution in [3.63, 3.8) is 0 Å². The second kappa shape index (κ2) is 8.62. The van der Waals surface area contributed by atoms with Gasteiger partial charge >= 0.3 is 6.03 Å². The number of rotatable bonds is 6. The summed E-state index contributed by atoms with van der Waals surface area (Å²) >= 11 is 0. The molecule has 0 saturated carbocycles. The normalized spacial score (nSPS) is 10.8. The molecule has 8 nitrogen and oxygen atoms in total. The highest BCUT2D eigenvalue weighted by Gasteiger charge is 2.14. The van der Waals surface area contributed by atoms with Crippen molar-refractivity contribution in [1.82, 2.24) is 0 Å². The SMILES string of the molecule is NC(=O)Nc1ccc(NC(=O)c2ccc(NS(=O)(=O)c3ccc(F)cc3)cc2)cc1. The van der Waals surface area contributed by atoms with Gasteiger partial charge in [-0.15, -0.1) is 0 Å². The zero-order chi connectivity index (χ0) is 21.7. The van der Waals surface area contributed by atoms with E-state index >= 15 is 0 Å². The first-order valence-corrected chi connectivity index (χ1v) is 10.1. The van der Waals surface area contributed by atoms with Gasteiger partial charge in [0.05, 0.1) is 4.90 Å². The Labute approximate surface area is 172 Å². The lowest BCUT2D eigenvalue weighted by Gasteiger charge is -2.10. The van der Waals surface area contributed by atoms with E-state index in [1.54, 1.807) is 24.3 Å². The molecule has 3 aromatic carbocycles. The minimum absolute atomic E-state index is 0.0833. The van der Waals surface area contributed by atoms with Gasteiger partial charge in [0.2, 0.25) is 0 Å². The van der Waals surface area contributed by atoms with E-state index < -0.39 is 27.8 Å². The molecule has 0 heterocycles. The van der Waals surface area contributed by atoms with Gasteiger partial charge in [0.25, 0.3) is 15.9 Å². The smallest absolute Gasteiger partial charge is 0.316 e. The summed E-state index contributed by atoms with van der Waals surface area (Å²) in [7, 11) is -3.88. The van der Waals surface area contributed by atoms with Gasteiger partial charge in [-0.05, 0) is 72.8 Å². The van der Waals surface area contributed by atoms with Crippen LogP contribution in [0.2, 0.25) is 0 Å². The van der Waals surface area contributed by atoms with Crippen molar-refractivity contribution in [2.75, 3.05) is 15.4 Å². The van der Waals surface area contributed by atoms with Crippen LogP contribution in [0.5, 0.6) is 0 Å². The molecular formula is C20H17FN4O4S. The Morgan fingerprint density at radius 3 is 1.77 bits per heavy atom. The maximum atomic E-state index is 13.0. The maximum absolute atomic E-state index is 13.0. The highest BCUT2D eigenvalue weighted by atomic mass is 32.2. The second-order valence-corrected chi connectivity index (χ2v) is 7.84. The first-order valence-electron chi connectivity index (χ1n) is 8.59. The fourth-order valence-electron chi connectivity index (χ4n) is 2.50. The fraction of sp³-hybridized carbons (Fsp3) is 0. The van der Waals surface area contributed by atoms with E-state index in [0.717, 1.165) is 24.3 Å². The van der Waals surface area contributed by atoms with Gasteiger partial charge in [-0.1, -0.05) is 0 Å². The summed E-state index contributed by atoms with van der Waals surface area (Å²) in [6.07, 6.45) is 0. The first-order chi connectivity index (χ1) is 14.2. The third-order valence-electron chi connectivity index (χ3n) is 3.93. The van der Waals surface area contributed by atoms with Gasteiger partial charge in [0, 0.05) is 22.6 Å². The van der Waals surface area contributed by atoms with Crippen molar-refractivity contribution in [2.45, 2.75) is 4.90 Å². The van der Waals surface area contributed by atoms with Gasteiger partial charge < -0.3 is 16.4 Å². The molecule has 0 radical (unpaired) electrons. The molecule has 0 aromatic heterocycles. The lowest BCUT2D eigenvalue weighted by atomic mass is 10.2. The number of sulfonamides is 1. The minimum atomic E-state index is -3.88. The van der Waals surface area contributed by atoms with Crippen LogP contribution in [0.15, 0.2) is 77.7 Å². The lowest BCUT2D eigenvalue weighted by molar-refractivity contribution is 0.102. The van der Waals surface area contributed by atoms with Crippen molar-refractivity contribution >= 4 is 39.0 Å². The van der Waals surface area contributed by atoms with Gasteiger partial charge in [0.15, 0.2) is 0 Å². The second-order valence-electron chi connectivity index (χ2n) is 6.16. The Kier molecular flexibility index (Phi) is 5.98. The summed E-state index contributed by atoms with van der Waals surface area (Å²) in [6.45, 7) is 0. The topological polar surface area (TPSA) is 130 Å². The number of hydrogen-bond acceptors (Lipinski definition) is 4. The molecule has 5 N–H and O–H groups in total. The number of hydrogen-bond donors (Lipinski definition) is 4. The van der Waals surface area contributed by atoms with E-state index in [1.807, 2.05) is 0 Å². The molecule has 30 heavy (non-hydrogen) atoms. The number of carbonyl (C=O) groups excluding carboxylic acids is 2. The van der Waals surface area contributed by atoms with Crippen molar-refractivity contribution in [3.05, 3.63) is 84.2 Å². The molecule has 0 bridgehead atoms. The number of benzene rings is 3. The molecule has 0 aliphatic heterocycles. The molecule has 0 fully saturated rings. The number of nitrogens with one attached hydrogen (secondary N) is 3. The monoisotopic (exact) mass is 428 g/mol. The van der Waals surface area contributed by atoms with Crippen LogP contribution >= 0.6 is 0 Å². The zero-order valence-electron chi connectivity index (χ0n) is 15.4. The molecule has 10 heteroatoms. The van der Waals surface area contributed by atoms with E-state index in [9.17, 15) is 22.4 Å². The highest BCUT2D eigenvalue weighted by Crippen LogP contribution is 2.18. The van der Waals surface area contributed by atoms with Gasteiger partial charge in [-0.2, -0.15) is 0 Å². The van der Waals surface area contributed by atoms with Crippen LogP contribution in [0.1, 0.15) is 10.4 Å². The van der Waals surface area contributed by atoms with Crippen molar-refractivity contribution in [3.8, 4) is 0 Å². The summed E-state index contributed by atoms with van der Waals surface area (Å²) in [4.78, 5) is 23.1. The third-order valence-corrected chi connectivity index (χ3v) is 5.33. The Hall–Kier alpha value is -3.92. The molecule has 0 unspecified atom stereocenters. The van der Waals surface area contributed by atoms with Crippen LogP contribution in [0.25, 0.3) is 0 Å². The van der Waals surface area contributed by atoms with E-state index in [1.165, 1.54) is 24.3 Å². The summed E-state index contributed by atoms with van der Waals surface area (Å²) < 4.78 is 40.0. The Morgan fingerprint density at radius 2 is 1.23 bits per heavy atom. The number of primary amides is 1. The quantitative estimate of drug-likeness (QED) is 0.479. The average Bonchev–Trinajstić information content (AvgIpc) is 2.69.